The SMILES string of the molecule is Cc1ccc(-[n+]2[nH]oc(=O)c2SCC(=O)Nc2c(F)c(F)cc(F)c2F)cc1. The van der Waals surface area contributed by atoms with Crippen molar-refractivity contribution in [3.05, 3.63) is 69.6 Å². The van der Waals surface area contributed by atoms with Crippen LogP contribution in [0.2, 0.25) is 0 Å². The van der Waals surface area contributed by atoms with E-state index in [-0.39, 0.29) is 11.1 Å². The molecule has 1 aromatic heterocycles. The minimum atomic E-state index is -1.73. The molecule has 0 spiro atoms. The summed E-state index contributed by atoms with van der Waals surface area (Å²) in [5.74, 6) is -8.22. The lowest BCUT2D eigenvalue weighted by molar-refractivity contribution is -0.704. The van der Waals surface area contributed by atoms with Gasteiger partial charge in [-0.05, 0) is 28.6 Å². The molecule has 0 saturated carbocycles. The van der Waals surface area contributed by atoms with E-state index in [9.17, 15) is 27.2 Å². The van der Waals surface area contributed by atoms with Gasteiger partial charge in [0.15, 0.2) is 23.3 Å². The van der Waals surface area contributed by atoms with Crippen molar-refractivity contribution in [2.24, 2.45) is 0 Å². The largest absolute Gasteiger partial charge is 0.442 e. The molecule has 11 heteroatoms. The number of aromatic amines is 1. The smallest absolute Gasteiger partial charge is 0.320 e. The first kappa shape index (κ1) is 19.7. The van der Waals surface area contributed by atoms with Crippen molar-refractivity contribution in [1.29, 1.82) is 0 Å². The molecule has 3 aromatic rings. The molecule has 1 heterocycles. The summed E-state index contributed by atoms with van der Waals surface area (Å²) in [7, 11) is 0. The van der Waals surface area contributed by atoms with Gasteiger partial charge in [0.1, 0.15) is 5.69 Å². The second kappa shape index (κ2) is 7.89. The highest BCUT2D eigenvalue weighted by atomic mass is 32.2. The van der Waals surface area contributed by atoms with Gasteiger partial charge in [0.2, 0.25) is 11.6 Å². The van der Waals surface area contributed by atoms with Crippen molar-refractivity contribution < 1.29 is 31.6 Å². The topological polar surface area (TPSA) is 79.0 Å². The van der Waals surface area contributed by atoms with E-state index in [4.69, 9.17) is 4.52 Å². The molecular weight excluding hydrogens is 402 g/mol. The highest BCUT2D eigenvalue weighted by Crippen LogP contribution is 2.24. The lowest BCUT2D eigenvalue weighted by Gasteiger charge is -2.08. The Balaban J connectivity index is 1.77. The normalized spacial score (nSPS) is 10.9. The fourth-order valence-electron chi connectivity index (χ4n) is 2.24. The third kappa shape index (κ3) is 3.93. The number of hydrogen-bond donors (Lipinski definition) is 2. The quantitative estimate of drug-likeness (QED) is 0.291. The number of anilines is 1. The van der Waals surface area contributed by atoms with Gasteiger partial charge in [0, 0.05) is 18.2 Å². The molecule has 1 amide bonds. The number of benzene rings is 2. The molecule has 0 atom stereocenters. The maximum atomic E-state index is 13.6. The van der Waals surface area contributed by atoms with Gasteiger partial charge in [0.25, 0.3) is 0 Å². The van der Waals surface area contributed by atoms with Gasteiger partial charge in [-0.2, -0.15) is 0 Å². The summed E-state index contributed by atoms with van der Waals surface area (Å²) in [6.45, 7) is 1.88. The summed E-state index contributed by atoms with van der Waals surface area (Å²) in [6.07, 6.45) is 0. The van der Waals surface area contributed by atoms with Crippen molar-refractivity contribution in [1.82, 2.24) is 5.27 Å². The third-order valence-corrected chi connectivity index (χ3v) is 4.64. The maximum Gasteiger partial charge on any atom is 0.442 e. The van der Waals surface area contributed by atoms with Gasteiger partial charge in [-0.15, -0.1) is 0 Å². The average molecular weight is 414 g/mol. The average Bonchev–Trinajstić information content (AvgIpc) is 3.03. The fourth-order valence-corrected chi connectivity index (χ4v) is 3.01. The first-order valence-corrected chi connectivity index (χ1v) is 8.72. The minimum Gasteiger partial charge on any atom is -0.320 e. The number of H-pyrrole nitrogens is 1. The third-order valence-electron chi connectivity index (χ3n) is 3.62. The summed E-state index contributed by atoms with van der Waals surface area (Å²) < 4.78 is 59.6. The number of halogens is 4. The van der Waals surface area contributed by atoms with Crippen LogP contribution in [0.4, 0.5) is 23.2 Å². The number of carbonyl (C=O) groups excluding carboxylic acids is 1. The van der Waals surface area contributed by atoms with Crippen molar-refractivity contribution in [2.75, 3.05) is 11.1 Å². The Labute approximate surface area is 159 Å². The van der Waals surface area contributed by atoms with E-state index in [0.29, 0.717) is 17.4 Å². The summed E-state index contributed by atoms with van der Waals surface area (Å²) in [5, 5.41) is 4.13. The van der Waals surface area contributed by atoms with Crippen LogP contribution in [0, 0.1) is 30.2 Å². The number of nitrogens with zero attached hydrogens (tertiary/aromatic N) is 1. The Morgan fingerprint density at radius 1 is 1.14 bits per heavy atom. The number of carbonyl (C=O) groups is 1. The van der Waals surface area contributed by atoms with Crippen LogP contribution < -0.4 is 15.6 Å². The summed E-state index contributed by atoms with van der Waals surface area (Å²) >= 11 is 0.708. The Bertz CT molecular complexity index is 1070. The molecule has 0 aliphatic heterocycles. The molecule has 6 nitrogen and oxygen atoms in total. The van der Waals surface area contributed by atoms with Gasteiger partial charge < -0.3 is 5.32 Å². The second-order valence-corrected chi connectivity index (χ2v) is 6.60. The van der Waals surface area contributed by atoms with E-state index in [1.165, 1.54) is 4.68 Å². The predicted octanol–water partition coefficient (Wildman–Crippen LogP) is 2.84. The zero-order valence-corrected chi connectivity index (χ0v) is 15.0. The molecular formula is C17H12F4N3O3S+. The van der Waals surface area contributed by atoms with Crippen LogP contribution in [0.3, 0.4) is 0 Å². The van der Waals surface area contributed by atoms with E-state index in [1.54, 1.807) is 29.6 Å². The maximum absolute atomic E-state index is 13.6. The second-order valence-electron chi connectivity index (χ2n) is 5.64. The Morgan fingerprint density at radius 2 is 1.75 bits per heavy atom. The first-order chi connectivity index (χ1) is 13.3. The van der Waals surface area contributed by atoms with Crippen LogP contribution in [-0.4, -0.2) is 16.9 Å². The van der Waals surface area contributed by atoms with Gasteiger partial charge in [-0.1, -0.05) is 17.7 Å². The zero-order chi connectivity index (χ0) is 20.4. The molecule has 0 fully saturated rings. The molecule has 0 unspecified atom stereocenters. The molecule has 2 aromatic carbocycles. The molecule has 146 valence electrons. The molecule has 0 aliphatic carbocycles. The highest BCUT2D eigenvalue weighted by molar-refractivity contribution is 7.99. The summed E-state index contributed by atoms with van der Waals surface area (Å²) in [4.78, 5) is 23.8. The van der Waals surface area contributed by atoms with Crippen molar-refractivity contribution in [3.8, 4) is 5.69 Å². The molecule has 2 N–H and O–H groups in total. The standard InChI is InChI=1S/C17H11F4N3O3S/c1-8-2-4-9(5-3-8)24-16(17(26)27-23-24)28-7-12(25)22-15-13(20)10(18)6-11(19)14(15)21/h2-6H,7H2,1H3,(H-,22,23,25,26)/p+1. The van der Waals surface area contributed by atoms with Crippen molar-refractivity contribution >= 4 is 23.4 Å². The van der Waals surface area contributed by atoms with Gasteiger partial charge in [-0.25, -0.2) is 22.4 Å². The van der Waals surface area contributed by atoms with Gasteiger partial charge in [0.05, 0.1) is 5.75 Å². The van der Waals surface area contributed by atoms with E-state index in [2.05, 4.69) is 5.27 Å². The van der Waals surface area contributed by atoms with Crippen LogP contribution in [0.5, 0.6) is 0 Å². The van der Waals surface area contributed by atoms with E-state index in [0.717, 1.165) is 5.56 Å². The van der Waals surface area contributed by atoms with E-state index < -0.39 is 46.2 Å². The first-order valence-electron chi connectivity index (χ1n) is 7.74. The van der Waals surface area contributed by atoms with Crippen LogP contribution in [0.15, 0.2) is 44.7 Å². The van der Waals surface area contributed by atoms with Crippen LogP contribution >= 0.6 is 11.8 Å². The molecule has 0 bridgehead atoms. The lowest BCUT2D eigenvalue weighted by atomic mass is 10.2. The Kier molecular flexibility index (Phi) is 5.54. The minimum absolute atomic E-state index is 0.00892. The van der Waals surface area contributed by atoms with E-state index >= 15 is 0 Å². The van der Waals surface area contributed by atoms with Gasteiger partial charge in [-0.3, -0.25) is 9.32 Å². The predicted molar refractivity (Wildman–Crippen MR) is 91.2 cm³/mol. The van der Waals surface area contributed by atoms with Crippen LogP contribution in [0.25, 0.3) is 5.69 Å². The van der Waals surface area contributed by atoms with Crippen LogP contribution in [0.1, 0.15) is 5.56 Å². The van der Waals surface area contributed by atoms with Gasteiger partial charge >= 0.3 is 10.7 Å². The fraction of sp³-hybridized carbons (Fsp3) is 0.118. The Morgan fingerprint density at radius 3 is 2.36 bits per heavy atom. The number of nitrogens with one attached hydrogen (secondary N) is 2. The number of aryl methyl sites for hydroxylation is 1. The summed E-state index contributed by atoms with van der Waals surface area (Å²) in [5.41, 5.74) is -0.484. The number of thioether (sulfide) groups is 1. The summed E-state index contributed by atoms with van der Waals surface area (Å²) in [6, 6.07) is 7.01. The molecule has 0 radical (unpaired) electrons. The van der Waals surface area contributed by atoms with Crippen molar-refractivity contribution in [2.45, 2.75) is 11.9 Å². The van der Waals surface area contributed by atoms with Crippen LogP contribution in [-0.2, 0) is 4.79 Å². The monoisotopic (exact) mass is 414 g/mol. The number of aromatic nitrogens is 2. The molecule has 28 heavy (non-hydrogen) atoms. The zero-order valence-electron chi connectivity index (χ0n) is 14.2. The molecule has 3 rings (SSSR count). The Hall–Kier alpha value is -3.08. The lowest BCUT2D eigenvalue weighted by Crippen LogP contribution is -2.36. The van der Waals surface area contributed by atoms with E-state index in [1.807, 2.05) is 6.92 Å². The molecule has 0 aliphatic rings. The molecule has 0 saturated heterocycles. The number of hydrogen-bond acceptors (Lipinski definition) is 4. The number of rotatable bonds is 5. The highest BCUT2D eigenvalue weighted by Gasteiger charge is 2.26. The number of amides is 1. The van der Waals surface area contributed by atoms with Crippen molar-refractivity contribution in [3.63, 3.8) is 0 Å².